The van der Waals surface area contributed by atoms with Crippen LogP contribution in [0.15, 0.2) is 71.6 Å². The Balaban J connectivity index is 2.04. The van der Waals surface area contributed by atoms with Gasteiger partial charge in [-0.15, -0.1) is 0 Å². The molecular formula is C30H35ClFN3O4S. The van der Waals surface area contributed by atoms with Crippen LogP contribution in [0.25, 0.3) is 0 Å². The summed E-state index contributed by atoms with van der Waals surface area (Å²) in [6, 6.07) is 15.4. The van der Waals surface area contributed by atoms with Crippen molar-refractivity contribution in [2.24, 2.45) is 0 Å². The quantitative estimate of drug-likeness (QED) is 0.315. The molecule has 1 N–H and O–H groups in total. The van der Waals surface area contributed by atoms with Gasteiger partial charge in [-0.3, -0.25) is 13.9 Å². The summed E-state index contributed by atoms with van der Waals surface area (Å²) in [7, 11) is -4.20. The summed E-state index contributed by atoms with van der Waals surface area (Å²) in [6.07, 6.45) is 0.699. The Kier molecular flexibility index (Phi) is 10.3. The van der Waals surface area contributed by atoms with E-state index in [2.05, 4.69) is 5.32 Å². The number of carbonyl (C=O) groups excluding carboxylic acids is 2. The standard InChI is InChI=1S/C30H35ClFN3O4S/c1-6-22(4)33-30(37)23(5)34(18-24-8-12-26(32)13-9-24)29(36)19-35(27-14-7-20(2)21(3)17-27)40(38,39)28-15-10-25(31)11-16-28/h7-17,22-23H,6,18-19H2,1-5H3,(H,33,37)/t22-,23+/m1/s1. The smallest absolute Gasteiger partial charge is 0.264 e. The Hall–Kier alpha value is -3.43. The van der Waals surface area contributed by atoms with Crippen LogP contribution in [0.4, 0.5) is 10.1 Å². The SMILES string of the molecule is CC[C@@H](C)NC(=O)[C@H](C)N(Cc1ccc(F)cc1)C(=O)CN(c1ccc(C)c(C)c1)S(=O)(=O)c1ccc(Cl)cc1. The molecule has 0 fully saturated rings. The molecule has 0 aromatic heterocycles. The lowest BCUT2D eigenvalue weighted by atomic mass is 10.1. The van der Waals surface area contributed by atoms with Gasteiger partial charge < -0.3 is 10.2 Å². The number of aryl methyl sites for hydroxylation is 2. The average Bonchev–Trinajstić information content (AvgIpc) is 2.92. The molecule has 0 unspecified atom stereocenters. The third kappa shape index (κ3) is 7.61. The highest BCUT2D eigenvalue weighted by atomic mass is 35.5. The number of nitrogens with zero attached hydrogens (tertiary/aromatic N) is 2. The van der Waals surface area contributed by atoms with Crippen molar-refractivity contribution < 1.29 is 22.4 Å². The van der Waals surface area contributed by atoms with Crippen molar-refractivity contribution in [2.75, 3.05) is 10.8 Å². The van der Waals surface area contributed by atoms with Gasteiger partial charge in [-0.2, -0.15) is 0 Å². The highest BCUT2D eigenvalue weighted by molar-refractivity contribution is 7.92. The predicted molar refractivity (Wildman–Crippen MR) is 156 cm³/mol. The molecule has 10 heteroatoms. The minimum absolute atomic E-state index is 0.0179. The van der Waals surface area contributed by atoms with E-state index >= 15 is 0 Å². The minimum atomic E-state index is -4.20. The van der Waals surface area contributed by atoms with Gasteiger partial charge in [-0.25, -0.2) is 12.8 Å². The molecule has 7 nitrogen and oxygen atoms in total. The highest BCUT2D eigenvalue weighted by Crippen LogP contribution is 2.27. The van der Waals surface area contributed by atoms with E-state index in [4.69, 9.17) is 11.6 Å². The number of hydrogen-bond donors (Lipinski definition) is 1. The average molecular weight is 588 g/mol. The molecule has 0 aliphatic carbocycles. The first-order valence-corrected chi connectivity index (χ1v) is 14.8. The summed E-state index contributed by atoms with van der Waals surface area (Å²) >= 11 is 5.99. The monoisotopic (exact) mass is 587 g/mol. The molecule has 0 saturated heterocycles. The molecule has 214 valence electrons. The van der Waals surface area contributed by atoms with Gasteiger partial charge in [0, 0.05) is 17.6 Å². The summed E-state index contributed by atoms with van der Waals surface area (Å²) in [4.78, 5) is 28.3. The van der Waals surface area contributed by atoms with Crippen LogP contribution in [-0.2, 0) is 26.2 Å². The van der Waals surface area contributed by atoms with Gasteiger partial charge in [0.05, 0.1) is 10.6 Å². The Bertz CT molecular complexity index is 1450. The fraction of sp³-hybridized carbons (Fsp3) is 0.333. The van der Waals surface area contributed by atoms with Crippen molar-refractivity contribution in [3.63, 3.8) is 0 Å². The zero-order valence-corrected chi connectivity index (χ0v) is 24.9. The molecule has 0 saturated carbocycles. The second-order valence-electron chi connectivity index (χ2n) is 9.88. The number of anilines is 1. The largest absolute Gasteiger partial charge is 0.352 e. The Morgan fingerprint density at radius 1 is 0.950 bits per heavy atom. The molecule has 0 heterocycles. The lowest BCUT2D eigenvalue weighted by molar-refractivity contribution is -0.139. The van der Waals surface area contributed by atoms with E-state index in [-0.39, 0.29) is 23.4 Å². The van der Waals surface area contributed by atoms with Crippen LogP contribution >= 0.6 is 11.6 Å². The summed E-state index contributed by atoms with van der Waals surface area (Å²) in [5.74, 6) is -1.39. The first kappa shape index (κ1) is 31.1. The third-order valence-corrected chi connectivity index (χ3v) is 8.93. The Labute approximate surface area is 241 Å². The summed E-state index contributed by atoms with van der Waals surface area (Å²) in [5.41, 5.74) is 2.72. The van der Waals surface area contributed by atoms with E-state index in [9.17, 15) is 22.4 Å². The topological polar surface area (TPSA) is 86.8 Å². The zero-order valence-electron chi connectivity index (χ0n) is 23.3. The first-order valence-electron chi connectivity index (χ1n) is 13.0. The predicted octanol–water partition coefficient (Wildman–Crippen LogP) is 5.62. The van der Waals surface area contributed by atoms with Crippen LogP contribution in [0.5, 0.6) is 0 Å². The van der Waals surface area contributed by atoms with Gasteiger partial charge in [0.2, 0.25) is 11.8 Å². The van der Waals surface area contributed by atoms with E-state index in [1.54, 1.807) is 25.1 Å². The number of benzene rings is 3. The normalized spacial score (nSPS) is 12.9. The molecular weight excluding hydrogens is 553 g/mol. The first-order chi connectivity index (χ1) is 18.8. The van der Waals surface area contributed by atoms with Crippen LogP contribution < -0.4 is 9.62 Å². The Morgan fingerprint density at radius 2 is 1.57 bits per heavy atom. The highest BCUT2D eigenvalue weighted by Gasteiger charge is 2.33. The summed E-state index contributed by atoms with van der Waals surface area (Å²) in [5, 5.41) is 3.26. The van der Waals surface area contributed by atoms with Crippen molar-refractivity contribution in [3.05, 3.63) is 94.3 Å². The van der Waals surface area contributed by atoms with Gasteiger partial charge >= 0.3 is 0 Å². The number of amides is 2. The van der Waals surface area contributed by atoms with Crippen LogP contribution in [0.3, 0.4) is 0 Å². The minimum Gasteiger partial charge on any atom is -0.352 e. The van der Waals surface area contributed by atoms with Crippen molar-refractivity contribution in [1.29, 1.82) is 0 Å². The molecule has 40 heavy (non-hydrogen) atoms. The number of nitrogens with one attached hydrogen (secondary N) is 1. The maximum Gasteiger partial charge on any atom is 0.264 e. The van der Waals surface area contributed by atoms with Crippen molar-refractivity contribution >= 4 is 39.1 Å². The van der Waals surface area contributed by atoms with E-state index < -0.39 is 34.3 Å². The molecule has 3 aromatic carbocycles. The van der Waals surface area contributed by atoms with Crippen LogP contribution in [-0.4, -0.2) is 43.8 Å². The van der Waals surface area contributed by atoms with Crippen molar-refractivity contribution in [3.8, 4) is 0 Å². The van der Waals surface area contributed by atoms with Gasteiger partial charge in [0.15, 0.2) is 0 Å². The molecule has 0 radical (unpaired) electrons. The van der Waals surface area contributed by atoms with Gasteiger partial charge in [-0.1, -0.05) is 36.7 Å². The van der Waals surface area contributed by atoms with Gasteiger partial charge in [0.25, 0.3) is 10.0 Å². The maximum absolute atomic E-state index is 13.9. The second kappa shape index (κ2) is 13.3. The molecule has 2 atom stereocenters. The summed E-state index contributed by atoms with van der Waals surface area (Å²) in [6.45, 7) is 8.57. The van der Waals surface area contributed by atoms with Crippen LogP contribution in [0, 0.1) is 19.7 Å². The van der Waals surface area contributed by atoms with E-state index in [0.29, 0.717) is 22.7 Å². The number of sulfonamides is 1. The van der Waals surface area contributed by atoms with Gasteiger partial charge in [-0.05, 0) is 99.3 Å². The fourth-order valence-electron chi connectivity index (χ4n) is 3.98. The zero-order chi connectivity index (χ0) is 29.6. The summed E-state index contributed by atoms with van der Waals surface area (Å²) < 4.78 is 42.4. The van der Waals surface area contributed by atoms with E-state index in [1.807, 2.05) is 27.7 Å². The van der Waals surface area contributed by atoms with Gasteiger partial charge in [0.1, 0.15) is 18.4 Å². The van der Waals surface area contributed by atoms with E-state index in [1.165, 1.54) is 53.4 Å². The number of hydrogen-bond acceptors (Lipinski definition) is 4. The van der Waals surface area contributed by atoms with Crippen LogP contribution in [0.1, 0.15) is 43.9 Å². The van der Waals surface area contributed by atoms with Crippen LogP contribution in [0.2, 0.25) is 5.02 Å². The fourth-order valence-corrected chi connectivity index (χ4v) is 5.51. The van der Waals surface area contributed by atoms with E-state index in [0.717, 1.165) is 15.4 Å². The molecule has 0 aliphatic heterocycles. The van der Waals surface area contributed by atoms with Crippen molar-refractivity contribution in [1.82, 2.24) is 10.2 Å². The van der Waals surface area contributed by atoms with Crippen molar-refractivity contribution in [2.45, 2.75) is 64.6 Å². The molecule has 3 rings (SSSR count). The maximum atomic E-state index is 13.9. The molecule has 0 spiro atoms. The molecule has 2 amide bonds. The number of halogens is 2. The second-order valence-corrected chi connectivity index (χ2v) is 12.2. The molecule has 3 aromatic rings. The third-order valence-electron chi connectivity index (χ3n) is 6.89. The lowest BCUT2D eigenvalue weighted by Crippen LogP contribution is -2.52. The number of carbonyl (C=O) groups is 2. The molecule has 0 aliphatic rings. The number of rotatable bonds is 11. The Morgan fingerprint density at radius 3 is 2.15 bits per heavy atom. The lowest BCUT2D eigenvalue weighted by Gasteiger charge is -2.32. The molecule has 0 bridgehead atoms.